The van der Waals surface area contributed by atoms with Crippen LogP contribution in [0.1, 0.15) is 49.8 Å². The Hall–Kier alpha value is -1.02. The molecule has 1 N–H and O–H groups in total. The Balaban J connectivity index is 2.33. The van der Waals surface area contributed by atoms with Crippen molar-refractivity contribution in [1.29, 1.82) is 0 Å². The van der Waals surface area contributed by atoms with E-state index in [-0.39, 0.29) is 0 Å². The van der Waals surface area contributed by atoms with E-state index in [0.717, 1.165) is 25.3 Å². The number of rotatable bonds is 8. The molecule has 0 aromatic heterocycles. The molecule has 19 heavy (non-hydrogen) atoms. The molecule has 0 heterocycles. The largest absolute Gasteiger partial charge is 0.493 e. The molecule has 0 aliphatic carbocycles. The van der Waals surface area contributed by atoms with Crippen molar-refractivity contribution in [2.24, 2.45) is 0 Å². The SMILES string of the molecule is CCCNC(C)CCCOc1cc(C)cc(C)c1C. The quantitative estimate of drug-likeness (QED) is 0.711. The lowest BCUT2D eigenvalue weighted by molar-refractivity contribution is 0.296. The van der Waals surface area contributed by atoms with Gasteiger partial charge in [-0.2, -0.15) is 0 Å². The maximum atomic E-state index is 5.93. The van der Waals surface area contributed by atoms with E-state index in [0.29, 0.717) is 6.04 Å². The minimum absolute atomic E-state index is 0.587. The van der Waals surface area contributed by atoms with Gasteiger partial charge in [-0.25, -0.2) is 0 Å². The third-order valence-corrected chi connectivity index (χ3v) is 3.55. The monoisotopic (exact) mass is 263 g/mol. The van der Waals surface area contributed by atoms with E-state index in [1.54, 1.807) is 0 Å². The second-order valence-electron chi connectivity index (χ2n) is 5.55. The van der Waals surface area contributed by atoms with E-state index in [4.69, 9.17) is 4.74 Å². The van der Waals surface area contributed by atoms with Gasteiger partial charge in [0.25, 0.3) is 0 Å². The molecule has 0 saturated carbocycles. The Bertz CT molecular complexity index is 387. The molecule has 1 unspecified atom stereocenters. The van der Waals surface area contributed by atoms with Gasteiger partial charge >= 0.3 is 0 Å². The maximum Gasteiger partial charge on any atom is 0.122 e. The summed E-state index contributed by atoms with van der Waals surface area (Å²) in [6.07, 6.45) is 3.47. The molecule has 1 atom stereocenters. The minimum atomic E-state index is 0.587. The fourth-order valence-electron chi connectivity index (χ4n) is 2.22. The zero-order valence-electron chi connectivity index (χ0n) is 13.2. The van der Waals surface area contributed by atoms with Crippen LogP contribution >= 0.6 is 0 Å². The number of aryl methyl sites for hydroxylation is 2. The first-order valence-corrected chi connectivity index (χ1v) is 7.48. The number of benzene rings is 1. The van der Waals surface area contributed by atoms with Crippen LogP contribution < -0.4 is 10.1 Å². The maximum absolute atomic E-state index is 5.93. The van der Waals surface area contributed by atoms with Crippen molar-refractivity contribution in [3.8, 4) is 5.75 Å². The molecule has 108 valence electrons. The van der Waals surface area contributed by atoms with E-state index in [9.17, 15) is 0 Å². The molecule has 1 aromatic rings. The van der Waals surface area contributed by atoms with Crippen LogP contribution in [0.5, 0.6) is 5.75 Å². The Morgan fingerprint density at radius 2 is 1.95 bits per heavy atom. The first-order valence-electron chi connectivity index (χ1n) is 7.48. The Morgan fingerprint density at radius 3 is 2.63 bits per heavy atom. The fraction of sp³-hybridized carbons (Fsp3) is 0.647. The van der Waals surface area contributed by atoms with Crippen LogP contribution in [-0.2, 0) is 0 Å². The number of hydrogen-bond acceptors (Lipinski definition) is 2. The standard InChI is InChI=1S/C17H29NO/c1-6-9-18-15(4)8-7-10-19-17-12-13(2)11-14(3)16(17)5/h11-12,15,18H,6-10H2,1-5H3. The van der Waals surface area contributed by atoms with Crippen LogP contribution in [0.15, 0.2) is 12.1 Å². The molecule has 0 radical (unpaired) electrons. The molecule has 0 bridgehead atoms. The van der Waals surface area contributed by atoms with E-state index >= 15 is 0 Å². The smallest absolute Gasteiger partial charge is 0.122 e. The van der Waals surface area contributed by atoms with Gasteiger partial charge in [-0.1, -0.05) is 13.0 Å². The molecule has 0 aliphatic heterocycles. The van der Waals surface area contributed by atoms with Gasteiger partial charge in [-0.3, -0.25) is 0 Å². The first-order chi connectivity index (χ1) is 9.04. The van der Waals surface area contributed by atoms with E-state index < -0.39 is 0 Å². The van der Waals surface area contributed by atoms with Crippen molar-refractivity contribution >= 4 is 0 Å². The lowest BCUT2D eigenvalue weighted by Gasteiger charge is -2.15. The zero-order valence-corrected chi connectivity index (χ0v) is 13.2. The predicted molar refractivity (Wildman–Crippen MR) is 83.1 cm³/mol. The fourth-order valence-corrected chi connectivity index (χ4v) is 2.22. The average molecular weight is 263 g/mol. The Morgan fingerprint density at radius 1 is 1.21 bits per heavy atom. The van der Waals surface area contributed by atoms with Gasteiger partial charge in [0.15, 0.2) is 0 Å². The van der Waals surface area contributed by atoms with Crippen LogP contribution in [0, 0.1) is 20.8 Å². The van der Waals surface area contributed by atoms with Crippen LogP contribution in [0.2, 0.25) is 0 Å². The molecule has 0 spiro atoms. The third kappa shape index (κ3) is 5.65. The number of hydrogen-bond donors (Lipinski definition) is 1. The van der Waals surface area contributed by atoms with Gasteiger partial charge in [-0.15, -0.1) is 0 Å². The molecular weight excluding hydrogens is 234 g/mol. The molecule has 2 nitrogen and oxygen atoms in total. The van der Waals surface area contributed by atoms with E-state index in [1.807, 2.05) is 0 Å². The summed E-state index contributed by atoms with van der Waals surface area (Å²) in [6, 6.07) is 4.93. The molecule has 2 heteroatoms. The summed E-state index contributed by atoms with van der Waals surface area (Å²) in [6.45, 7) is 12.8. The molecule has 1 aromatic carbocycles. The van der Waals surface area contributed by atoms with Gasteiger partial charge in [0.1, 0.15) is 5.75 Å². The highest BCUT2D eigenvalue weighted by Crippen LogP contribution is 2.23. The topological polar surface area (TPSA) is 21.3 Å². The van der Waals surface area contributed by atoms with E-state index in [1.165, 1.54) is 29.5 Å². The van der Waals surface area contributed by atoms with Gasteiger partial charge < -0.3 is 10.1 Å². The third-order valence-electron chi connectivity index (χ3n) is 3.55. The summed E-state index contributed by atoms with van der Waals surface area (Å²) in [5.41, 5.74) is 3.85. The van der Waals surface area contributed by atoms with E-state index in [2.05, 4.69) is 52.1 Å². The summed E-state index contributed by atoms with van der Waals surface area (Å²) in [7, 11) is 0. The van der Waals surface area contributed by atoms with Crippen molar-refractivity contribution in [3.05, 3.63) is 28.8 Å². The van der Waals surface area contributed by atoms with Gasteiger partial charge in [0.05, 0.1) is 6.61 Å². The normalized spacial score (nSPS) is 12.5. The summed E-state index contributed by atoms with van der Waals surface area (Å²) in [5, 5.41) is 3.51. The second kappa shape index (κ2) is 8.21. The molecule has 1 rings (SSSR count). The summed E-state index contributed by atoms with van der Waals surface area (Å²) < 4.78 is 5.93. The molecule has 0 aliphatic rings. The Labute approximate surface area is 118 Å². The zero-order chi connectivity index (χ0) is 14.3. The van der Waals surface area contributed by atoms with Crippen molar-refractivity contribution in [2.75, 3.05) is 13.2 Å². The van der Waals surface area contributed by atoms with Crippen LogP contribution in [-0.4, -0.2) is 19.2 Å². The lowest BCUT2D eigenvalue weighted by atomic mass is 10.1. The van der Waals surface area contributed by atoms with Crippen molar-refractivity contribution in [1.82, 2.24) is 5.32 Å². The van der Waals surface area contributed by atoms with Crippen molar-refractivity contribution < 1.29 is 4.74 Å². The van der Waals surface area contributed by atoms with Crippen LogP contribution in [0.3, 0.4) is 0 Å². The van der Waals surface area contributed by atoms with Gasteiger partial charge in [-0.05, 0) is 76.3 Å². The number of nitrogens with one attached hydrogen (secondary N) is 1. The van der Waals surface area contributed by atoms with Gasteiger partial charge in [0, 0.05) is 6.04 Å². The number of ether oxygens (including phenoxy) is 1. The summed E-state index contributed by atoms with van der Waals surface area (Å²) >= 11 is 0. The molecule has 0 amide bonds. The highest BCUT2D eigenvalue weighted by Gasteiger charge is 2.05. The minimum Gasteiger partial charge on any atom is -0.493 e. The highest BCUT2D eigenvalue weighted by atomic mass is 16.5. The molecule has 0 fully saturated rings. The second-order valence-corrected chi connectivity index (χ2v) is 5.55. The molecular formula is C17H29NO. The van der Waals surface area contributed by atoms with Crippen molar-refractivity contribution in [2.45, 2.75) is 59.9 Å². The van der Waals surface area contributed by atoms with Crippen LogP contribution in [0.4, 0.5) is 0 Å². The highest BCUT2D eigenvalue weighted by molar-refractivity contribution is 5.41. The summed E-state index contributed by atoms with van der Waals surface area (Å²) in [4.78, 5) is 0. The molecule has 0 saturated heterocycles. The first kappa shape index (κ1) is 16.0. The Kier molecular flexibility index (Phi) is 6.93. The van der Waals surface area contributed by atoms with Crippen LogP contribution in [0.25, 0.3) is 0 Å². The van der Waals surface area contributed by atoms with Crippen molar-refractivity contribution in [3.63, 3.8) is 0 Å². The lowest BCUT2D eigenvalue weighted by Crippen LogP contribution is -2.26. The van der Waals surface area contributed by atoms with Gasteiger partial charge in [0.2, 0.25) is 0 Å². The predicted octanol–water partition coefficient (Wildman–Crippen LogP) is 4.16. The summed E-state index contributed by atoms with van der Waals surface area (Å²) in [5.74, 6) is 1.05. The average Bonchev–Trinajstić information content (AvgIpc) is 2.37.